The summed E-state index contributed by atoms with van der Waals surface area (Å²) in [4.78, 5) is 20.8. The highest BCUT2D eigenvalue weighted by molar-refractivity contribution is 7.13. The van der Waals surface area contributed by atoms with E-state index in [1.54, 1.807) is 31.7 Å². The molecule has 2 heterocycles. The van der Waals surface area contributed by atoms with E-state index >= 15 is 0 Å². The molecule has 1 aromatic carbocycles. The molecule has 28 heavy (non-hydrogen) atoms. The van der Waals surface area contributed by atoms with Crippen LogP contribution in [0.1, 0.15) is 17.3 Å². The maximum Gasteiger partial charge on any atom is 0.257 e. The van der Waals surface area contributed by atoms with Gasteiger partial charge in [-0.1, -0.05) is 6.07 Å². The molecule has 3 rings (SSSR count). The standard InChI is InChI=1S/C19H18FN3O4S/c1-12(11-25-2)26-16-8-13(18(24)23-19-21-6-7-28-19)9-17(22-16)27-15-5-3-4-14(20)10-15/h3-10,12H,11H2,1-2H3,(H,21,23,24)/t12-/m1/s1. The van der Waals surface area contributed by atoms with Crippen LogP contribution < -0.4 is 14.8 Å². The average molecular weight is 403 g/mol. The lowest BCUT2D eigenvalue weighted by Gasteiger charge is -2.15. The number of benzene rings is 1. The number of anilines is 1. The van der Waals surface area contributed by atoms with Gasteiger partial charge in [0.15, 0.2) is 5.13 Å². The van der Waals surface area contributed by atoms with Crippen molar-refractivity contribution in [3.8, 4) is 17.5 Å². The molecule has 0 saturated heterocycles. The summed E-state index contributed by atoms with van der Waals surface area (Å²) in [6.07, 6.45) is 1.29. The van der Waals surface area contributed by atoms with Crippen molar-refractivity contribution in [2.75, 3.05) is 19.0 Å². The summed E-state index contributed by atoms with van der Waals surface area (Å²) in [7, 11) is 1.56. The summed E-state index contributed by atoms with van der Waals surface area (Å²) in [5, 5.41) is 4.90. The van der Waals surface area contributed by atoms with E-state index in [0.717, 1.165) is 0 Å². The largest absolute Gasteiger partial charge is 0.472 e. The molecule has 3 aromatic rings. The predicted octanol–water partition coefficient (Wildman–Crippen LogP) is 4.14. The number of hydrogen-bond acceptors (Lipinski definition) is 7. The van der Waals surface area contributed by atoms with Gasteiger partial charge in [-0.15, -0.1) is 11.3 Å². The first-order valence-corrected chi connectivity index (χ1v) is 9.23. The van der Waals surface area contributed by atoms with Crippen LogP contribution in [0, 0.1) is 5.82 Å². The highest BCUT2D eigenvalue weighted by atomic mass is 32.1. The number of nitrogens with one attached hydrogen (secondary N) is 1. The molecule has 2 aromatic heterocycles. The molecule has 0 unspecified atom stereocenters. The Hall–Kier alpha value is -3.04. The number of carbonyl (C=O) groups excluding carboxylic acids is 1. The van der Waals surface area contributed by atoms with Crippen molar-refractivity contribution in [2.24, 2.45) is 0 Å². The Balaban J connectivity index is 1.87. The fourth-order valence-electron chi connectivity index (χ4n) is 2.31. The molecule has 0 spiro atoms. The second kappa shape index (κ2) is 9.25. The van der Waals surface area contributed by atoms with E-state index in [-0.39, 0.29) is 29.2 Å². The Kier molecular flexibility index (Phi) is 6.51. The number of carbonyl (C=O) groups is 1. The zero-order valence-corrected chi connectivity index (χ0v) is 16.0. The number of aromatic nitrogens is 2. The Morgan fingerprint density at radius 3 is 2.82 bits per heavy atom. The quantitative estimate of drug-likeness (QED) is 0.609. The second-order valence-corrected chi connectivity index (χ2v) is 6.66. The van der Waals surface area contributed by atoms with Gasteiger partial charge in [-0.3, -0.25) is 10.1 Å². The zero-order chi connectivity index (χ0) is 19.9. The maximum absolute atomic E-state index is 13.4. The van der Waals surface area contributed by atoms with E-state index in [1.165, 1.54) is 41.7 Å². The van der Waals surface area contributed by atoms with Crippen LogP contribution in [0.2, 0.25) is 0 Å². The van der Waals surface area contributed by atoms with Crippen molar-refractivity contribution in [1.82, 2.24) is 9.97 Å². The van der Waals surface area contributed by atoms with Crippen LogP contribution in [0.5, 0.6) is 17.5 Å². The lowest BCUT2D eigenvalue weighted by Crippen LogP contribution is -2.19. The third-order valence-corrected chi connectivity index (χ3v) is 4.12. The molecule has 0 aliphatic carbocycles. The van der Waals surface area contributed by atoms with Gasteiger partial charge >= 0.3 is 0 Å². The van der Waals surface area contributed by atoms with Crippen molar-refractivity contribution in [3.05, 3.63) is 59.4 Å². The van der Waals surface area contributed by atoms with E-state index < -0.39 is 11.7 Å². The fraction of sp³-hybridized carbons (Fsp3) is 0.211. The number of amides is 1. The zero-order valence-electron chi connectivity index (χ0n) is 15.2. The van der Waals surface area contributed by atoms with E-state index in [4.69, 9.17) is 14.2 Å². The van der Waals surface area contributed by atoms with Crippen LogP contribution in [0.3, 0.4) is 0 Å². The van der Waals surface area contributed by atoms with Gasteiger partial charge in [0.2, 0.25) is 11.8 Å². The van der Waals surface area contributed by atoms with E-state index in [9.17, 15) is 9.18 Å². The number of hydrogen-bond donors (Lipinski definition) is 1. The lowest BCUT2D eigenvalue weighted by atomic mass is 10.2. The van der Waals surface area contributed by atoms with E-state index in [2.05, 4.69) is 15.3 Å². The third-order valence-electron chi connectivity index (χ3n) is 3.44. The molecule has 7 nitrogen and oxygen atoms in total. The Morgan fingerprint density at radius 2 is 2.11 bits per heavy atom. The summed E-state index contributed by atoms with van der Waals surface area (Å²) in [6, 6.07) is 8.56. The summed E-state index contributed by atoms with van der Waals surface area (Å²) in [5.41, 5.74) is 0.260. The normalized spacial score (nSPS) is 11.7. The van der Waals surface area contributed by atoms with Crippen molar-refractivity contribution in [3.63, 3.8) is 0 Å². The summed E-state index contributed by atoms with van der Waals surface area (Å²) in [5.74, 6) is -0.313. The molecule has 0 saturated carbocycles. The van der Waals surface area contributed by atoms with E-state index in [1.807, 2.05) is 0 Å². The maximum atomic E-state index is 13.4. The van der Waals surface area contributed by atoms with Crippen LogP contribution in [0.25, 0.3) is 0 Å². The molecule has 0 aliphatic heterocycles. The third kappa shape index (κ3) is 5.48. The highest BCUT2D eigenvalue weighted by Crippen LogP contribution is 2.25. The Labute approximate surface area is 165 Å². The van der Waals surface area contributed by atoms with Gasteiger partial charge in [-0.05, 0) is 19.1 Å². The predicted molar refractivity (Wildman–Crippen MR) is 103 cm³/mol. The van der Waals surface area contributed by atoms with E-state index in [0.29, 0.717) is 11.7 Å². The minimum atomic E-state index is -0.444. The topological polar surface area (TPSA) is 82.6 Å². The van der Waals surface area contributed by atoms with Gasteiger partial charge < -0.3 is 14.2 Å². The minimum absolute atomic E-state index is 0.0944. The molecule has 0 bridgehead atoms. The molecule has 0 aliphatic rings. The van der Waals surface area contributed by atoms with Gasteiger partial charge in [0.1, 0.15) is 17.7 Å². The van der Waals surface area contributed by atoms with Gasteiger partial charge in [-0.2, -0.15) is 4.98 Å². The molecule has 1 N–H and O–H groups in total. The highest BCUT2D eigenvalue weighted by Gasteiger charge is 2.15. The monoisotopic (exact) mass is 403 g/mol. The SMILES string of the molecule is COC[C@@H](C)Oc1cc(C(=O)Nc2nccs2)cc(Oc2cccc(F)c2)n1. The molecule has 0 radical (unpaired) electrons. The number of ether oxygens (including phenoxy) is 3. The molecule has 1 amide bonds. The Morgan fingerprint density at radius 1 is 1.29 bits per heavy atom. The number of nitrogens with zero attached hydrogens (tertiary/aromatic N) is 2. The number of methoxy groups -OCH3 is 1. The summed E-state index contributed by atoms with van der Waals surface area (Å²) < 4.78 is 29.8. The minimum Gasteiger partial charge on any atom is -0.472 e. The van der Waals surface area contributed by atoms with Crippen molar-refractivity contribution >= 4 is 22.4 Å². The average Bonchev–Trinajstić information content (AvgIpc) is 3.14. The number of pyridine rings is 1. The van der Waals surface area contributed by atoms with Crippen LogP contribution in [0.15, 0.2) is 48.0 Å². The van der Waals surface area contributed by atoms with Crippen LogP contribution in [-0.4, -0.2) is 35.7 Å². The van der Waals surface area contributed by atoms with Crippen LogP contribution in [0.4, 0.5) is 9.52 Å². The van der Waals surface area contributed by atoms with Gasteiger partial charge in [0.05, 0.1) is 12.2 Å². The van der Waals surface area contributed by atoms with Gasteiger partial charge in [0, 0.05) is 36.9 Å². The molecule has 9 heteroatoms. The van der Waals surface area contributed by atoms with Crippen molar-refractivity contribution < 1.29 is 23.4 Å². The number of rotatable bonds is 8. The van der Waals surface area contributed by atoms with Gasteiger partial charge in [-0.25, -0.2) is 9.37 Å². The summed E-state index contributed by atoms with van der Waals surface area (Å²) in [6.45, 7) is 2.15. The fourth-order valence-corrected chi connectivity index (χ4v) is 2.83. The summed E-state index contributed by atoms with van der Waals surface area (Å²) >= 11 is 1.30. The first-order chi connectivity index (χ1) is 13.5. The number of halogens is 1. The molecule has 146 valence electrons. The van der Waals surface area contributed by atoms with Crippen LogP contribution >= 0.6 is 11.3 Å². The van der Waals surface area contributed by atoms with Crippen molar-refractivity contribution in [1.29, 1.82) is 0 Å². The molecule has 0 fully saturated rings. The smallest absolute Gasteiger partial charge is 0.257 e. The molecular formula is C19H18FN3O4S. The molecule has 1 atom stereocenters. The Bertz CT molecular complexity index is 937. The van der Waals surface area contributed by atoms with Gasteiger partial charge in [0.25, 0.3) is 5.91 Å². The number of thiazole rings is 1. The second-order valence-electron chi connectivity index (χ2n) is 5.77. The molecular weight excluding hydrogens is 385 g/mol. The van der Waals surface area contributed by atoms with Crippen LogP contribution in [-0.2, 0) is 4.74 Å². The van der Waals surface area contributed by atoms with Crippen molar-refractivity contribution in [2.45, 2.75) is 13.0 Å². The first-order valence-electron chi connectivity index (χ1n) is 8.35. The first kappa shape index (κ1) is 19.7. The lowest BCUT2D eigenvalue weighted by molar-refractivity contribution is 0.0882.